The Morgan fingerprint density at radius 3 is 2.83 bits per heavy atom. The van der Waals surface area contributed by atoms with Crippen molar-refractivity contribution in [1.29, 1.82) is 0 Å². The maximum absolute atomic E-state index is 13.5. The van der Waals surface area contributed by atoms with Gasteiger partial charge in [0.05, 0.1) is 6.10 Å². The molecule has 23 heavy (non-hydrogen) atoms. The smallest absolute Gasteiger partial charge is 0.321 e. The third-order valence-corrected chi connectivity index (χ3v) is 3.19. The fraction of sp³-hybridized carbons (Fsp3) is 0.133. The SMILES string of the molecule is O=C(NC[C@H](O)c1ccccc1F)Nc1nc2ccccn2n1. The van der Waals surface area contributed by atoms with Crippen LogP contribution in [0.5, 0.6) is 0 Å². The molecule has 0 fully saturated rings. The zero-order chi connectivity index (χ0) is 16.2. The number of hydrogen-bond donors (Lipinski definition) is 3. The largest absolute Gasteiger partial charge is 0.386 e. The number of benzene rings is 1. The molecule has 0 radical (unpaired) electrons. The molecular weight excluding hydrogens is 301 g/mol. The van der Waals surface area contributed by atoms with Gasteiger partial charge in [0.15, 0.2) is 5.65 Å². The summed E-state index contributed by atoms with van der Waals surface area (Å²) in [6.07, 6.45) is 0.559. The molecule has 0 aliphatic heterocycles. The van der Waals surface area contributed by atoms with Crippen molar-refractivity contribution in [3.63, 3.8) is 0 Å². The molecule has 1 aromatic carbocycles. The third-order valence-electron chi connectivity index (χ3n) is 3.19. The van der Waals surface area contributed by atoms with Gasteiger partial charge in [-0.15, -0.1) is 5.10 Å². The molecule has 2 amide bonds. The molecule has 0 bridgehead atoms. The lowest BCUT2D eigenvalue weighted by Crippen LogP contribution is -2.33. The Balaban J connectivity index is 1.58. The normalized spacial score (nSPS) is 12.1. The van der Waals surface area contributed by atoms with Gasteiger partial charge < -0.3 is 10.4 Å². The molecule has 1 atom stereocenters. The number of aromatic nitrogens is 3. The summed E-state index contributed by atoms with van der Waals surface area (Å²) in [5.74, 6) is -0.390. The van der Waals surface area contributed by atoms with Crippen molar-refractivity contribution in [2.45, 2.75) is 6.10 Å². The zero-order valence-electron chi connectivity index (χ0n) is 12.0. The van der Waals surface area contributed by atoms with Crippen molar-refractivity contribution in [3.05, 3.63) is 60.0 Å². The predicted octanol–water partition coefficient (Wildman–Crippen LogP) is 1.72. The molecule has 3 rings (SSSR count). The van der Waals surface area contributed by atoms with E-state index in [9.17, 15) is 14.3 Å². The molecule has 0 spiro atoms. The number of anilines is 1. The molecule has 3 aromatic rings. The number of nitrogens with zero attached hydrogens (tertiary/aromatic N) is 3. The van der Waals surface area contributed by atoms with Crippen LogP contribution in [0.4, 0.5) is 15.1 Å². The Kier molecular flexibility index (Phi) is 4.15. The maximum atomic E-state index is 13.5. The Morgan fingerprint density at radius 2 is 2.04 bits per heavy atom. The van der Waals surface area contributed by atoms with Gasteiger partial charge in [0, 0.05) is 18.3 Å². The lowest BCUT2D eigenvalue weighted by Gasteiger charge is -2.12. The van der Waals surface area contributed by atoms with Crippen LogP contribution in [-0.4, -0.2) is 32.3 Å². The Labute approximate surface area is 130 Å². The minimum atomic E-state index is -1.14. The highest BCUT2D eigenvalue weighted by molar-refractivity contribution is 5.87. The van der Waals surface area contributed by atoms with Gasteiger partial charge >= 0.3 is 6.03 Å². The highest BCUT2D eigenvalue weighted by atomic mass is 19.1. The number of aliphatic hydroxyl groups is 1. The van der Waals surface area contributed by atoms with Gasteiger partial charge in [-0.1, -0.05) is 24.3 Å². The number of hydrogen-bond acceptors (Lipinski definition) is 4. The molecule has 0 saturated carbocycles. The van der Waals surface area contributed by atoms with Crippen molar-refractivity contribution in [3.8, 4) is 0 Å². The summed E-state index contributed by atoms with van der Waals surface area (Å²) < 4.78 is 15.0. The first kappa shape index (κ1) is 14.9. The summed E-state index contributed by atoms with van der Waals surface area (Å²) in [7, 11) is 0. The average molecular weight is 315 g/mol. The fourth-order valence-corrected chi connectivity index (χ4v) is 2.07. The van der Waals surface area contributed by atoms with Gasteiger partial charge in [0.25, 0.3) is 5.95 Å². The lowest BCUT2D eigenvalue weighted by atomic mass is 10.1. The zero-order valence-corrected chi connectivity index (χ0v) is 12.0. The number of nitrogens with one attached hydrogen (secondary N) is 2. The van der Waals surface area contributed by atoms with Gasteiger partial charge in [-0.2, -0.15) is 4.98 Å². The number of halogens is 1. The van der Waals surface area contributed by atoms with Crippen LogP contribution in [0.25, 0.3) is 5.65 Å². The first-order valence-electron chi connectivity index (χ1n) is 6.92. The minimum Gasteiger partial charge on any atom is -0.386 e. The van der Waals surface area contributed by atoms with Crippen LogP contribution in [-0.2, 0) is 0 Å². The first-order chi connectivity index (χ1) is 11.1. The number of urea groups is 1. The van der Waals surface area contributed by atoms with E-state index in [1.165, 1.54) is 22.7 Å². The van der Waals surface area contributed by atoms with E-state index in [1.807, 2.05) is 0 Å². The second-order valence-corrected chi connectivity index (χ2v) is 4.81. The molecule has 3 N–H and O–H groups in total. The summed E-state index contributed by atoms with van der Waals surface area (Å²) >= 11 is 0. The molecule has 0 saturated heterocycles. The predicted molar refractivity (Wildman–Crippen MR) is 81.4 cm³/mol. The molecule has 0 aliphatic carbocycles. The molecule has 2 heterocycles. The highest BCUT2D eigenvalue weighted by Crippen LogP contribution is 2.15. The fourth-order valence-electron chi connectivity index (χ4n) is 2.07. The molecule has 0 aliphatic rings. The van der Waals surface area contributed by atoms with E-state index in [-0.39, 0.29) is 18.1 Å². The second kappa shape index (κ2) is 6.41. The maximum Gasteiger partial charge on any atom is 0.321 e. The van der Waals surface area contributed by atoms with E-state index in [0.29, 0.717) is 5.65 Å². The Morgan fingerprint density at radius 1 is 1.26 bits per heavy atom. The van der Waals surface area contributed by atoms with Crippen LogP contribution in [0.1, 0.15) is 11.7 Å². The molecule has 118 valence electrons. The molecule has 8 heteroatoms. The number of rotatable bonds is 4. The van der Waals surface area contributed by atoms with E-state index in [4.69, 9.17) is 0 Å². The quantitative estimate of drug-likeness (QED) is 0.683. The van der Waals surface area contributed by atoms with E-state index >= 15 is 0 Å². The average Bonchev–Trinajstić information content (AvgIpc) is 2.95. The van der Waals surface area contributed by atoms with Crippen LogP contribution in [0.3, 0.4) is 0 Å². The highest BCUT2D eigenvalue weighted by Gasteiger charge is 2.14. The number of carbonyl (C=O) groups is 1. The Hall–Kier alpha value is -3.00. The van der Waals surface area contributed by atoms with Crippen molar-refractivity contribution in [2.75, 3.05) is 11.9 Å². The van der Waals surface area contributed by atoms with E-state index in [1.54, 1.807) is 30.5 Å². The molecule has 7 nitrogen and oxygen atoms in total. The van der Waals surface area contributed by atoms with E-state index < -0.39 is 18.0 Å². The summed E-state index contributed by atoms with van der Waals surface area (Å²) in [5.41, 5.74) is 0.716. The summed E-state index contributed by atoms with van der Waals surface area (Å²) in [6, 6.07) is 10.6. The standard InChI is InChI=1S/C15H14FN5O2/c16-11-6-2-1-5-10(11)12(22)9-17-15(23)19-14-18-13-7-3-4-8-21(13)20-14/h1-8,12,22H,9H2,(H2,17,19,20,23)/t12-/m0/s1. The van der Waals surface area contributed by atoms with Crippen LogP contribution < -0.4 is 10.6 Å². The van der Waals surface area contributed by atoms with Gasteiger partial charge in [-0.05, 0) is 18.2 Å². The number of carbonyl (C=O) groups excluding carboxylic acids is 1. The first-order valence-corrected chi connectivity index (χ1v) is 6.92. The van der Waals surface area contributed by atoms with Crippen molar-refractivity contribution in [1.82, 2.24) is 19.9 Å². The van der Waals surface area contributed by atoms with Gasteiger partial charge in [0.2, 0.25) is 0 Å². The summed E-state index contributed by atoms with van der Waals surface area (Å²) in [6.45, 7) is -0.139. The second-order valence-electron chi connectivity index (χ2n) is 4.81. The Bertz CT molecular complexity index is 802. The monoisotopic (exact) mass is 315 g/mol. The van der Waals surface area contributed by atoms with Crippen LogP contribution in [0.15, 0.2) is 48.7 Å². The van der Waals surface area contributed by atoms with E-state index in [0.717, 1.165) is 0 Å². The number of fused-ring (bicyclic) bond motifs is 1. The van der Waals surface area contributed by atoms with Crippen molar-refractivity contribution < 1.29 is 14.3 Å². The molecule has 2 aromatic heterocycles. The summed E-state index contributed by atoms with van der Waals surface area (Å²) in [4.78, 5) is 15.9. The van der Waals surface area contributed by atoms with Gasteiger partial charge in [-0.25, -0.2) is 13.7 Å². The van der Waals surface area contributed by atoms with Crippen LogP contribution in [0, 0.1) is 5.82 Å². The van der Waals surface area contributed by atoms with Crippen molar-refractivity contribution in [2.24, 2.45) is 0 Å². The van der Waals surface area contributed by atoms with E-state index in [2.05, 4.69) is 20.7 Å². The van der Waals surface area contributed by atoms with Gasteiger partial charge in [0.1, 0.15) is 5.82 Å². The van der Waals surface area contributed by atoms with Crippen LogP contribution in [0.2, 0.25) is 0 Å². The minimum absolute atomic E-state index is 0.124. The molecule has 0 unspecified atom stereocenters. The number of pyridine rings is 1. The van der Waals surface area contributed by atoms with Gasteiger partial charge in [-0.3, -0.25) is 5.32 Å². The van der Waals surface area contributed by atoms with Crippen LogP contribution >= 0.6 is 0 Å². The van der Waals surface area contributed by atoms with Crippen molar-refractivity contribution >= 4 is 17.6 Å². The summed E-state index contributed by atoms with van der Waals surface area (Å²) in [5, 5.41) is 18.9. The molecular formula is C15H14FN5O2. The number of amides is 2. The third kappa shape index (κ3) is 3.43. The number of aliphatic hydroxyl groups excluding tert-OH is 1. The topological polar surface area (TPSA) is 91.5 Å². The lowest BCUT2D eigenvalue weighted by molar-refractivity contribution is 0.170.